The molecule has 1 aromatic rings. The van der Waals surface area contributed by atoms with Crippen molar-refractivity contribution < 1.29 is 9.90 Å². The van der Waals surface area contributed by atoms with Gasteiger partial charge < -0.3 is 5.11 Å². The second-order valence-corrected chi connectivity index (χ2v) is 6.08. The van der Waals surface area contributed by atoms with E-state index in [-0.39, 0.29) is 12.5 Å². The molecule has 0 aromatic carbocycles. The molecule has 2 unspecified atom stereocenters. The van der Waals surface area contributed by atoms with Crippen LogP contribution in [0.25, 0.3) is 0 Å². The van der Waals surface area contributed by atoms with Crippen molar-refractivity contribution in [2.45, 2.75) is 45.2 Å². The van der Waals surface area contributed by atoms with Gasteiger partial charge in [0.05, 0.1) is 6.42 Å². The first-order valence-electron chi connectivity index (χ1n) is 6.12. The van der Waals surface area contributed by atoms with Crippen molar-refractivity contribution in [3.8, 4) is 0 Å². The topological polar surface area (TPSA) is 40.5 Å². The lowest BCUT2D eigenvalue weighted by Crippen LogP contribution is -2.33. The van der Waals surface area contributed by atoms with Crippen LogP contribution in [0.15, 0.2) is 12.1 Å². The summed E-state index contributed by atoms with van der Waals surface area (Å²) >= 11 is 1.81. The third kappa shape index (κ3) is 2.87. The van der Waals surface area contributed by atoms with Gasteiger partial charge in [-0.05, 0) is 45.4 Å². The monoisotopic (exact) mass is 253 g/mol. The smallest absolute Gasteiger partial charge is 0.304 e. The third-order valence-corrected chi connectivity index (χ3v) is 4.67. The fraction of sp³-hybridized carbons (Fsp3) is 0.615. The summed E-state index contributed by atoms with van der Waals surface area (Å²) in [5.74, 6) is -0.684. The first-order chi connectivity index (χ1) is 8.08. The van der Waals surface area contributed by atoms with Crippen LogP contribution in [0.3, 0.4) is 0 Å². The molecule has 0 aliphatic carbocycles. The van der Waals surface area contributed by atoms with Gasteiger partial charge in [0, 0.05) is 21.8 Å². The van der Waals surface area contributed by atoms with Crippen LogP contribution >= 0.6 is 11.3 Å². The van der Waals surface area contributed by atoms with E-state index in [0.717, 1.165) is 19.4 Å². The predicted octanol–water partition coefficient (Wildman–Crippen LogP) is 3.06. The molecule has 0 amide bonds. The number of hydrogen-bond acceptors (Lipinski definition) is 3. The lowest BCUT2D eigenvalue weighted by molar-refractivity contribution is -0.138. The predicted molar refractivity (Wildman–Crippen MR) is 69.5 cm³/mol. The van der Waals surface area contributed by atoms with Gasteiger partial charge in [0.25, 0.3) is 0 Å². The zero-order valence-corrected chi connectivity index (χ0v) is 11.2. The molecule has 3 nitrogen and oxygen atoms in total. The maximum Gasteiger partial charge on any atom is 0.304 e. The number of thiophene rings is 1. The number of rotatable bonds is 4. The minimum atomic E-state index is -0.684. The Morgan fingerprint density at radius 1 is 1.65 bits per heavy atom. The Morgan fingerprint density at radius 3 is 3.00 bits per heavy atom. The molecule has 17 heavy (non-hydrogen) atoms. The van der Waals surface area contributed by atoms with E-state index in [1.165, 1.54) is 9.75 Å². The molecular formula is C13H19NO2S. The van der Waals surface area contributed by atoms with Crippen molar-refractivity contribution >= 4 is 17.3 Å². The Labute approximate surface area is 106 Å². The van der Waals surface area contributed by atoms with Crippen LogP contribution < -0.4 is 0 Å². The molecule has 2 atom stereocenters. The van der Waals surface area contributed by atoms with Crippen LogP contribution in [0.4, 0.5) is 0 Å². The maximum absolute atomic E-state index is 10.8. The molecular weight excluding hydrogens is 234 g/mol. The summed E-state index contributed by atoms with van der Waals surface area (Å²) in [6.07, 6.45) is 2.41. The quantitative estimate of drug-likeness (QED) is 0.896. The Hall–Kier alpha value is -0.870. The minimum absolute atomic E-state index is 0.213. The van der Waals surface area contributed by atoms with Gasteiger partial charge in [0.15, 0.2) is 0 Å². The number of carbonyl (C=O) groups is 1. The van der Waals surface area contributed by atoms with Gasteiger partial charge in [-0.25, -0.2) is 0 Å². The molecule has 1 N–H and O–H groups in total. The lowest BCUT2D eigenvalue weighted by Gasteiger charge is -2.29. The number of aryl methyl sites for hydroxylation is 1. The van der Waals surface area contributed by atoms with E-state index < -0.39 is 5.97 Å². The van der Waals surface area contributed by atoms with Crippen LogP contribution in [-0.4, -0.2) is 28.6 Å². The lowest BCUT2D eigenvalue weighted by atomic mass is 10.1. The van der Waals surface area contributed by atoms with E-state index >= 15 is 0 Å². The standard InChI is InChI=1S/C13H19NO2S/c1-9-5-6-12(17-9)10(2)14-7-3-4-11(14)8-13(15)16/h5-6,10-11H,3-4,7-8H2,1-2H3,(H,15,16). The number of likely N-dealkylation sites (tertiary alicyclic amines) is 1. The molecule has 4 heteroatoms. The minimum Gasteiger partial charge on any atom is -0.481 e. The van der Waals surface area contributed by atoms with Gasteiger partial charge in [-0.3, -0.25) is 9.69 Å². The van der Waals surface area contributed by atoms with E-state index in [0.29, 0.717) is 6.04 Å². The Kier molecular flexibility index (Phi) is 3.84. The Bertz CT molecular complexity index is 402. The second kappa shape index (κ2) is 5.19. The molecule has 1 saturated heterocycles. The van der Waals surface area contributed by atoms with Crippen LogP contribution in [0.1, 0.15) is 42.0 Å². The molecule has 0 bridgehead atoms. The number of aliphatic carboxylic acids is 1. The number of nitrogens with zero attached hydrogens (tertiary/aromatic N) is 1. The molecule has 2 rings (SSSR count). The second-order valence-electron chi connectivity index (χ2n) is 4.76. The van der Waals surface area contributed by atoms with Crippen molar-refractivity contribution in [1.29, 1.82) is 0 Å². The average molecular weight is 253 g/mol. The molecule has 1 aliphatic rings. The number of carboxylic acid groups (broad SMARTS) is 1. The fourth-order valence-corrected chi connectivity index (χ4v) is 3.58. The van der Waals surface area contributed by atoms with E-state index in [4.69, 9.17) is 5.11 Å². The van der Waals surface area contributed by atoms with E-state index in [9.17, 15) is 4.79 Å². The van der Waals surface area contributed by atoms with Crippen molar-refractivity contribution in [2.75, 3.05) is 6.54 Å². The molecule has 0 radical (unpaired) electrons. The van der Waals surface area contributed by atoms with Gasteiger partial charge in [-0.15, -0.1) is 11.3 Å². The average Bonchev–Trinajstić information content (AvgIpc) is 2.85. The molecule has 0 spiro atoms. The highest BCUT2D eigenvalue weighted by Gasteiger charge is 2.31. The van der Waals surface area contributed by atoms with Gasteiger partial charge in [-0.2, -0.15) is 0 Å². The third-order valence-electron chi connectivity index (χ3n) is 3.50. The van der Waals surface area contributed by atoms with Crippen LogP contribution in [0, 0.1) is 6.92 Å². The molecule has 1 aromatic heterocycles. The van der Waals surface area contributed by atoms with Gasteiger partial charge in [0.2, 0.25) is 0 Å². The van der Waals surface area contributed by atoms with Crippen LogP contribution in [0.5, 0.6) is 0 Å². The number of hydrogen-bond donors (Lipinski definition) is 1. The molecule has 1 fully saturated rings. The van der Waals surface area contributed by atoms with Crippen LogP contribution in [0.2, 0.25) is 0 Å². The van der Waals surface area contributed by atoms with Gasteiger partial charge in [0.1, 0.15) is 0 Å². The zero-order chi connectivity index (χ0) is 12.4. The molecule has 1 aliphatic heterocycles. The fourth-order valence-electron chi connectivity index (χ4n) is 2.63. The summed E-state index contributed by atoms with van der Waals surface area (Å²) in [6, 6.07) is 4.87. The van der Waals surface area contributed by atoms with E-state index in [1.807, 2.05) is 11.3 Å². The van der Waals surface area contributed by atoms with E-state index in [2.05, 4.69) is 30.9 Å². The first kappa shape index (κ1) is 12.6. The van der Waals surface area contributed by atoms with Crippen molar-refractivity contribution in [1.82, 2.24) is 4.90 Å². The summed E-state index contributed by atoms with van der Waals surface area (Å²) in [5.41, 5.74) is 0. The molecule has 2 heterocycles. The number of carboxylic acids is 1. The van der Waals surface area contributed by atoms with Crippen molar-refractivity contribution in [3.63, 3.8) is 0 Å². The largest absolute Gasteiger partial charge is 0.481 e. The zero-order valence-electron chi connectivity index (χ0n) is 10.3. The highest BCUT2D eigenvalue weighted by Crippen LogP contribution is 2.33. The summed E-state index contributed by atoms with van der Waals surface area (Å²) in [6.45, 7) is 5.32. The van der Waals surface area contributed by atoms with E-state index in [1.54, 1.807) is 0 Å². The van der Waals surface area contributed by atoms with Crippen LogP contribution in [-0.2, 0) is 4.79 Å². The maximum atomic E-state index is 10.8. The Balaban J connectivity index is 2.07. The Morgan fingerprint density at radius 2 is 2.41 bits per heavy atom. The first-order valence-corrected chi connectivity index (χ1v) is 6.93. The normalized spacial score (nSPS) is 22.8. The molecule has 94 valence electrons. The van der Waals surface area contributed by atoms with Crippen molar-refractivity contribution in [2.24, 2.45) is 0 Å². The molecule has 0 saturated carbocycles. The summed E-state index contributed by atoms with van der Waals surface area (Å²) in [4.78, 5) is 15.9. The summed E-state index contributed by atoms with van der Waals surface area (Å²) in [7, 11) is 0. The highest BCUT2D eigenvalue weighted by molar-refractivity contribution is 7.12. The SMILES string of the molecule is Cc1ccc(C(C)N2CCCC2CC(=O)O)s1. The van der Waals surface area contributed by atoms with Crippen molar-refractivity contribution in [3.05, 3.63) is 21.9 Å². The van der Waals surface area contributed by atoms with Gasteiger partial charge >= 0.3 is 5.97 Å². The summed E-state index contributed by atoms with van der Waals surface area (Å²) < 4.78 is 0. The van der Waals surface area contributed by atoms with Gasteiger partial charge in [-0.1, -0.05) is 0 Å². The summed E-state index contributed by atoms with van der Waals surface area (Å²) in [5, 5.41) is 8.92. The highest BCUT2D eigenvalue weighted by atomic mass is 32.1.